The van der Waals surface area contributed by atoms with Crippen LogP contribution in [0.25, 0.3) is 54.9 Å². The second-order valence-electron chi connectivity index (χ2n) is 10.0. The Morgan fingerprint density at radius 3 is 2.73 bits per heavy atom. The van der Waals surface area contributed by atoms with Crippen molar-refractivity contribution in [1.82, 2.24) is 35.5 Å². The first-order chi connectivity index (χ1) is 19.6. The maximum atomic E-state index is 13.7. The number of piperidine rings is 1. The summed E-state index contributed by atoms with van der Waals surface area (Å²) in [7, 11) is 0. The van der Waals surface area contributed by atoms with E-state index in [2.05, 4.69) is 40.8 Å². The fourth-order valence-corrected chi connectivity index (χ4v) is 6.08. The van der Waals surface area contributed by atoms with Gasteiger partial charge in [0.05, 0.1) is 46.7 Å². The SMILES string of the molecule is O=C(CC1CCNCC1)Nc1cncc(-c2cc3c(-c4cc5c(-c6ccc(F)s6)cncc5[nH]4)n[nH]c3cn2)c1. The molecule has 0 saturated carbocycles. The van der Waals surface area contributed by atoms with Gasteiger partial charge in [-0.05, 0) is 62.2 Å². The van der Waals surface area contributed by atoms with Gasteiger partial charge in [-0.3, -0.25) is 24.8 Å². The van der Waals surface area contributed by atoms with E-state index in [1.807, 2.05) is 18.2 Å². The average molecular weight is 553 g/mol. The summed E-state index contributed by atoms with van der Waals surface area (Å²) >= 11 is 1.09. The van der Waals surface area contributed by atoms with Gasteiger partial charge in [0.2, 0.25) is 5.91 Å². The van der Waals surface area contributed by atoms with Crippen molar-refractivity contribution >= 4 is 44.7 Å². The lowest BCUT2D eigenvalue weighted by molar-refractivity contribution is -0.117. The number of carbonyl (C=O) groups is 1. The first kappa shape index (κ1) is 24.6. The predicted molar refractivity (Wildman–Crippen MR) is 154 cm³/mol. The summed E-state index contributed by atoms with van der Waals surface area (Å²) in [6.45, 7) is 1.93. The molecule has 7 heterocycles. The molecule has 1 aliphatic rings. The summed E-state index contributed by atoms with van der Waals surface area (Å²) in [6, 6.07) is 9.10. The number of hydrogen-bond acceptors (Lipinski definition) is 7. The Morgan fingerprint density at radius 1 is 1.00 bits per heavy atom. The third-order valence-electron chi connectivity index (χ3n) is 7.34. The quantitative estimate of drug-likeness (QED) is 0.208. The topological polar surface area (TPSA) is 124 Å². The Bertz CT molecular complexity index is 1850. The van der Waals surface area contributed by atoms with Crippen molar-refractivity contribution in [2.75, 3.05) is 18.4 Å². The lowest BCUT2D eigenvalue weighted by Crippen LogP contribution is -2.30. The maximum absolute atomic E-state index is 13.7. The number of halogens is 1. The minimum atomic E-state index is -0.235. The second-order valence-corrected chi connectivity index (χ2v) is 11.1. The largest absolute Gasteiger partial charge is 0.352 e. The summed E-state index contributed by atoms with van der Waals surface area (Å²) < 4.78 is 13.7. The number of H-pyrrole nitrogens is 2. The van der Waals surface area contributed by atoms with E-state index >= 15 is 0 Å². The van der Waals surface area contributed by atoms with Crippen molar-refractivity contribution in [3.05, 3.63) is 66.4 Å². The van der Waals surface area contributed by atoms with E-state index in [9.17, 15) is 9.18 Å². The Labute approximate surface area is 232 Å². The van der Waals surface area contributed by atoms with E-state index in [0.717, 1.165) is 86.5 Å². The molecule has 0 spiro atoms. The fourth-order valence-electron chi connectivity index (χ4n) is 5.32. The summed E-state index contributed by atoms with van der Waals surface area (Å²) in [5.41, 5.74) is 6.17. The van der Waals surface area contributed by atoms with E-state index in [0.29, 0.717) is 23.7 Å². The third kappa shape index (κ3) is 4.74. The zero-order valence-corrected chi connectivity index (χ0v) is 22.2. The summed E-state index contributed by atoms with van der Waals surface area (Å²) in [6.07, 6.45) is 11.2. The van der Waals surface area contributed by atoms with E-state index in [-0.39, 0.29) is 11.0 Å². The van der Waals surface area contributed by atoms with E-state index in [1.54, 1.807) is 37.1 Å². The zero-order chi connectivity index (χ0) is 27.1. The smallest absolute Gasteiger partial charge is 0.224 e. The van der Waals surface area contributed by atoms with Crippen LogP contribution in [0.5, 0.6) is 0 Å². The number of amides is 1. The molecule has 0 bridgehead atoms. The lowest BCUT2D eigenvalue weighted by atomic mass is 9.94. The van der Waals surface area contributed by atoms with E-state index in [4.69, 9.17) is 0 Å². The highest BCUT2D eigenvalue weighted by Gasteiger charge is 2.18. The molecule has 0 aromatic carbocycles. The number of carbonyl (C=O) groups excluding carboxylic acids is 1. The maximum Gasteiger partial charge on any atom is 0.224 e. The normalized spacial score (nSPS) is 14.2. The number of aromatic nitrogens is 6. The van der Waals surface area contributed by atoms with Crippen LogP contribution in [0.4, 0.5) is 10.1 Å². The number of thiophene rings is 1. The molecule has 7 rings (SSSR count). The molecule has 1 amide bonds. The molecule has 4 N–H and O–H groups in total. The molecule has 6 aromatic rings. The number of rotatable bonds is 6. The van der Waals surface area contributed by atoms with Crippen LogP contribution in [0.2, 0.25) is 0 Å². The molecule has 6 aromatic heterocycles. The number of aromatic amines is 2. The Hall–Kier alpha value is -4.48. The Kier molecular flexibility index (Phi) is 6.29. The van der Waals surface area contributed by atoms with Crippen molar-refractivity contribution < 1.29 is 9.18 Å². The van der Waals surface area contributed by atoms with Gasteiger partial charge in [-0.15, -0.1) is 11.3 Å². The molecule has 1 aliphatic heterocycles. The van der Waals surface area contributed by atoms with Crippen molar-refractivity contribution in [2.45, 2.75) is 19.3 Å². The van der Waals surface area contributed by atoms with Crippen LogP contribution in [0, 0.1) is 11.0 Å². The third-order valence-corrected chi connectivity index (χ3v) is 8.24. The van der Waals surface area contributed by atoms with Gasteiger partial charge in [0.25, 0.3) is 0 Å². The van der Waals surface area contributed by atoms with Crippen LogP contribution >= 0.6 is 11.3 Å². The number of pyridine rings is 3. The van der Waals surface area contributed by atoms with E-state index < -0.39 is 0 Å². The first-order valence-corrected chi connectivity index (χ1v) is 14.0. The van der Waals surface area contributed by atoms with Gasteiger partial charge >= 0.3 is 0 Å². The van der Waals surface area contributed by atoms with Crippen molar-refractivity contribution in [1.29, 1.82) is 0 Å². The molecule has 40 heavy (non-hydrogen) atoms. The van der Waals surface area contributed by atoms with E-state index in [1.165, 1.54) is 6.07 Å². The summed E-state index contributed by atoms with van der Waals surface area (Å²) in [5.74, 6) is 0.410. The van der Waals surface area contributed by atoms with Crippen LogP contribution < -0.4 is 10.6 Å². The monoisotopic (exact) mass is 552 g/mol. The highest BCUT2D eigenvalue weighted by Crippen LogP contribution is 2.36. The van der Waals surface area contributed by atoms with Gasteiger partial charge in [-0.2, -0.15) is 9.49 Å². The van der Waals surface area contributed by atoms with Crippen molar-refractivity contribution in [2.24, 2.45) is 5.92 Å². The molecule has 11 heteroatoms. The lowest BCUT2D eigenvalue weighted by Gasteiger charge is -2.21. The van der Waals surface area contributed by atoms with Crippen LogP contribution in [-0.2, 0) is 4.79 Å². The number of fused-ring (bicyclic) bond motifs is 2. The second kappa shape index (κ2) is 10.2. The fraction of sp³-hybridized carbons (Fsp3) is 0.207. The van der Waals surface area contributed by atoms with Crippen molar-refractivity contribution in [3.63, 3.8) is 0 Å². The van der Waals surface area contributed by atoms with Crippen LogP contribution in [0.1, 0.15) is 19.3 Å². The summed E-state index contributed by atoms with van der Waals surface area (Å²) in [5, 5.41) is 15.5. The van der Waals surface area contributed by atoms with Crippen LogP contribution in [-0.4, -0.2) is 49.1 Å². The van der Waals surface area contributed by atoms with Crippen LogP contribution in [0.15, 0.2) is 61.3 Å². The molecule has 0 unspecified atom stereocenters. The number of anilines is 1. The highest BCUT2D eigenvalue weighted by atomic mass is 32.1. The molecule has 0 radical (unpaired) electrons. The Balaban J connectivity index is 1.19. The molecule has 0 atom stereocenters. The van der Waals surface area contributed by atoms with Gasteiger partial charge in [0.1, 0.15) is 5.69 Å². The minimum absolute atomic E-state index is 0.00402. The summed E-state index contributed by atoms with van der Waals surface area (Å²) in [4.78, 5) is 30.2. The van der Waals surface area contributed by atoms with Gasteiger partial charge in [0, 0.05) is 45.6 Å². The van der Waals surface area contributed by atoms with Gasteiger partial charge in [-0.1, -0.05) is 0 Å². The molecule has 0 aliphatic carbocycles. The molecule has 1 fully saturated rings. The molecule has 1 saturated heterocycles. The predicted octanol–water partition coefficient (Wildman–Crippen LogP) is 5.76. The highest BCUT2D eigenvalue weighted by molar-refractivity contribution is 7.14. The number of hydrogen-bond donors (Lipinski definition) is 4. The molecule has 9 nitrogen and oxygen atoms in total. The zero-order valence-electron chi connectivity index (χ0n) is 21.4. The van der Waals surface area contributed by atoms with Gasteiger partial charge < -0.3 is 15.6 Å². The van der Waals surface area contributed by atoms with Gasteiger partial charge in [0.15, 0.2) is 5.13 Å². The van der Waals surface area contributed by atoms with Gasteiger partial charge in [-0.25, -0.2) is 0 Å². The number of nitrogens with zero attached hydrogens (tertiary/aromatic N) is 4. The minimum Gasteiger partial charge on any atom is -0.352 e. The first-order valence-electron chi connectivity index (χ1n) is 13.1. The molecular weight excluding hydrogens is 527 g/mol. The standard InChI is InChI=1S/C29H25FN8OS/c30-27-2-1-26(40-27)21-13-33-14-24-19(21)9-23(36-24)29-20-10-22(34-15-25(20)37-38-29)17-8-18(12-32-11-17)35-28(39)7-16-3-5-31-6-4-16/h1-2,8-16,31,36H,3-7H2,(H,35,39)(H,37,38). The van der Waals surface area contributed by atoms with Crippen molar-refractivity contribution in [3.8, 4) is 33.1 Å². The molecular formula is C29H25FN8OS. The Morgan fingerprint density at radius 2 is 1.88 bits per heavy atom. The number of nitrogens with one attached hydrogen (secondary N) is 4. The van der Waals surface area contributed by atoms with Crippen LogP contribution in [0.3, 0.4) is 0 Å². The molecule has 200 valence electrons. The average Bonchev–Trinajstić information content (AvgIpc) is 3.71.